The van der Waals surface area contributed by atoms with Gasteiger partial charge in [-0.25, -0.2) is 9.78 Å². The zero-order valence-electron chi connectivity index (χ0n) is 17.2. The number of aromatic nitrogens is 1. The number of carbonyl (C=O) groups is 2. The lowest BCUT2D eigenvalue weighted by molar-refractivity contribution is -0.154. The van der Waals surface area contributed by atoms with Crippen molar-refractivity contribution in [3.63, 3.8) is 0 Å². The molecule has 172 valence electrons. The number of nitrogens with zero attached hydrogens (tertiary/aromatic N) is 1. The third-order valence-electron chi connectivity index (χ3n) is 4.22. The Kier molecular flexibility index (Phi) is 7.39. The lowest BCUT2D eigenvalue weighted by Gasteiger charge is -2.13. The van der Waals surface area contributed by atoms with Gasteiger partial charge >= 0.3 is 12.2 Å². The number of hydrogen-bond donors (Lipinski definition) is 3. The van der Waals surface area contributed by atoms with E-state index in [2.05, 4.69) is 25.7 Å². The fourth-order valence-electron chi connectivity index (χ4n) is 2.65. The molecule has 0 saturated carbocycles. The Balaban J connectivity index is 1.67. The van der Waals surface area contributed by atoms with Crippen molar-refractivity contribution < 1.29 is 27.5 Å². The number of urea groups is 1. The molecule has 0 bridgehead atoms. The first-order valence-electron chi connectivity index (χ1n) is 9.51. The topological polar surface area (TPSA) is 92.4 Å². The molecular formula is C22H18ClF3N4O3. The first-order chi connectivity index (χ1) is 15.6. The molecule has 11 heteroatoms. The molecule has 3 rings (SSSR count). The molecule has 7 nitrogen and oxygen atoms in total. The van der Waals surface area contributed by atoms with Crippen molar-refractivity contribution in [1.29, 1.82) is 0 Å². The maximum atomic E-state index is 12.6. The Hall–Kier alpha value is -3.79. The number of nitrogens with one attached hydrogen (secondary N) is 3. The second-order valence-electron chi connectivity index (χ2n) is 6.84. The van der Waals surface area contributed by atoms with Crippen molar-refractivity contribution >= 4 is 40.6 Å². The van der Waals surface area contributed by atoms with Crippen molar-refractivity contribution in [3.8, 4) is 5.88 Å². The minimum absolute atomic E-state index is 0.0129. The average molecular weight is 479 g/mol. The van der Waals surface area contributed by atoms with Crippen LogP contribution in [0.4, 0.5) is 35.0 Å². The summed E-state index contributed by atoms with van der Waals surface area (Å²) in [6.45, 7) is 0.199. The zero-order chi connectivity index (χ0) is 24.0. The Labute approximate surface area is 191 Å². The summed E-state index contributed by atoms with van der Waals surface area (Å²) in [4.78, 5) is 28.5. The van der Waals surface area contributed by atoms with Gasteiger partial charge in [0.05, 0.1) is 5.56 Å². The van der Waals surface area contributed by atoms with Gasteiger partial charge in [0.2, 0.25) is 5.88 Å². The van der Waals surface area contributed by atoms with E-state index in [9.17, 15) is 22.8 Å². The van der Waals surface area contributed by atoms with Crippen LogP contribution in [0.1, 0.15) is 15.9 Å². The molecule has 0 saturated heterocycles. The third-order valence-corrected chi connectivity index (χ3v) is 4.49. The standard InChI is InChI=1S/C22H18ClF3N4O3/c1-13-7-8-16(29-21(32)28-15-5-3-2-4-6-15)10-18(13)30-19(31)14-9-17(23)20(27-11-14)33-12-22(24,25)26/h2-11H,12H2,1H3,(H,30,31)(H2,28,29,32). The molecule has 0 radical (unpaired) electrons. The van der Waals surface area contributed by atoms with Crippen LogP contribution in [0.25, 0.3) is 0 Å². The minimum atomic E-state index is -4.55. The zero-order valence-corrected chi connectivity index (χ0v) is 17.9. The summed E-state index contributed by atoms with van der Waals surface area (Å²) < 4.78 is 41.4. The number of alkyl halides is 3. The van der Waals surface area contributed by atoms with E-state index >= 15 is 0 Å². The van der Waals surface area contributed by atoms with E-state index < -0.39 is 30.6 Å². The van der Waals surface area contributed by atoms with Gasteiger partial charge in [0.1, 0.15) is 5.02 Å². The van der Waals surface area contributed by atoms with Gasteiger partial charge in [-0.3, -0.25) is 4.79 Å². The Morgan fingerprint density at radius 3 is 2.36 bits per heavy atom. The maximum absolute atomic E-state index is 12.6. The van der Waals surface area contributed by atoms with Crippen LogP contribution in [0.3, 0.4) is 0 Å². The number of benzene rings is 2. The fourth-order valence-corrected chi connectivity index (χ4v) is 2.87. The maximum Gasteiger partial charge on any atom is 0.422 e. The molecule has 0 unspecified atom stereocenters. The lowest BCUT2D eigenvalue weighted by atomic mass is 10.1. The Morgan fingerprint density at radius 2 is 1.70 bits per heavy atom. The lowest BCUT2D eigenvalue weighted by Crippen LogP contribution is -2.20. The predicted octanol–water partition coefficient (Wildman–Crippen LogP) is 5.88. The number of amides is 3. The Bertz CT molecular complexity index is 1160. The van der Waals surface area contributed by atoms with Crippen LogP contribution in [0.2, 0.25) is 5.02 Å². The summed E-state index contributed by atoms with van der Waals surface area (Å²) in [5.41, 5.74) is 2.17. The molecule has 3 N–H and O–H groups in total. The number of halogens is 4. The van der Waals surface area contributed by atoms with E-state index in [0.29, 0.717) is 22.6 Å². The number of ether oxygens (including phenoxy) is 1. The first-order valence-corrected chi connectivity index (χ1v) is 9.89. The van der Waals surface area contributed by atoms with Crippen LogP contribution in [0.15, 0.2) is 60.8 Å². The van der Waals surface area contributed by atoms with E-state index in [-0.39, 0.29) is 10.6 Å². The quantitative estimate of drug-likeness (QED) is 0.412. The summed E-state index contributed by atoms with van der Waals surface area (Å²) in [6.07, 6.45) is -3.49. The van der Waals surface area contributed by atoms with Gasteiger partial charge in [-0.1, -0.05) is 35.9 Å². The average Bonchev–Trinajstić information content (AvgIpc) is 2.75. The summed E-state index contributed by atoms with van der Waals surface area (Å²) in [5.74, 6) is -1.03. The number of para-hydroxylation sites is 1. The van der Waals surface area contributed by atoms with Crippen molar-refractivity contribution in [2.45, 2.75) is 13.1 Å². The monoisotopic (exact) mass is 478 g/mol. The van der Waals surface area contributed by atoms with Crippen molar-refractivity contribution in [2.75, 3.05) is 22.6 Å². The summed E-state index contributed by atoms with van der Waals surface area (Å²) in [6, 6.07) is 14.5. The van der Waals surface area contributed by atoms with Crippen molar-refractivity contribution in [2.24, 2.45) is 0 Å². The van der Waals surface area contributed by atoms with Crippen molar-refractivity contribution in [1.82, 2.24) is 4.98 Å². The molecule has 33 heavy (non-hydrogen) atoms. The molecule has 3 amide bonds. The highest BCUT2D eigenvalue weighted by Gasteiger charge is 2.29. The highest BCUT2D eigenvalue weighted by Crippen LogP contribution is 2.26. The van der Waals surface area contributed by atoms with E-state index in [1.54, 1.807) is 49.4 Å². The molecule has 0 fully saturated rings. The number of anilines is 3. The van der Waals surface area contributed by atoms with Crippen molar-refractivity contribution in [3.05, 3.63) is 76.9 Å². The van der Waals surface area contributed by atoms with Gasteiger partial charge in [0.25, 0.3) is 5.91 Å². The highest BCUT2D eigenvalue weighted by atomic mass is 35.5. The molecule has 0 aliphatic heterocycles. The number of rotatable bonds is 6. The number of pyridine rings is 1. The first kappa shape index (κ1) is 23.9. The van der Waals surface area contributed by atoms with Crippen LogP contribution < -0.4 is 20.7 Å². The van der Waals surface area contributed by atoms with Gasteiger partial charge in [-0.05, 0) is 42.8 Å². The molecule has 1 aromatic heterocycles. The van der Waals surface area contributed by atoms with Gasteiger partial charge in [-0.15, -0.1) is 0 Å². The SMILES string of the molecule is Cc1ccc(NC(=O)Nc2ccccc2)cc1NC(=O)c1cnc(OCC(F)(F)F)c(Cl)c1. The third kappa shape index (κ3) is 7.11. The predicted molar refractivity (Wildman–Crippen MR) is 119 cm³/mol. The van der Waals surface area contributed by atoms with Crippen LogP contribution >= 0.6 is 11.6 Å². The van der Waals surface area contributed by atoms with Crippen LogP contribution in [0, 0.1) is 6.92 Å². The summed E-state index contributed by atoms with van der Waals surface area (Å²) in [7, 11) is 0. The Morgan fingerprint density at radius 1 is 1.00 bits per heavy atom. The second kappa shape index (κ2) is 10.2. The van der Waals surface area contributed by atoms with Gasteiger partial charge in [0.15, 0.2) is 6.61 Å². The van der Waals surface area contributed by atoms with Crippen LogP contribution in [-0.2, 0) is 0 Å². The van der Waals surface area contributed by atoms with E-state index in [1.807, 2.05) is 6.07 Å². The van der Waals surface area contributed by atoms with Crippen LogP contribution in [-0.4, -0.2) is 29.7 Å². The minimum Gasteiger partial charge on any atom is -0.467 e. The molecule has 0 spiro atoms. The molecule has 3 aromatic rings. The molecule has 0 aliphatic rings. The summed E-state index contributed by atoms with van der Waals surface area (Å²) in [5, 5.41) is 7.77. The van der Waals surface area contributed by atoms with Gasteiger partial charge < -0.3 is 20.7 Å². The molecule has 0 atom stereocenters. The van der Waals surface area contributed by atoms with Gasteiger partial charge in [0, 0.05) is 23.3 Å². The fraction of sp³-hybridized carbons (Fsp3) is 0.136. The molecule has 0 aliphatic carbocycles. The second-order valence-corrected chi connectivity index (χ2v) is 7.25. The number of carbonyl (C=O) groups excluding carboxylic acids is 2. The molecule has 2 aromatic carbocycles. The van der Waals surface area contributed by atoms with E-state index in [1.165, 1.54) is 0 Å². The summed E-state index contributed by atoms with van der Waals surface area (Å²) >= 11 is 5.90. The highest BCUT2D eigenvalue weighted by molar-refractivity contribution is 6.32. The largest absolute Gasteiger partial charge is 0.467 e. The normalized spacial score (nSPS) is 10.9. The number of hydrogen-bond acceptors (Lipinski definition) is 4. The van der Waals surface area contributed by atoms with Crippen LogP contribution in [0.5, 0.6) is 5.88 Å². The smallest absolute Gasteiger partial charge is 0.422 e. The molecule has 1 heterocycles. The van der Waals surface area contributed by atoms with E-state index in [4.69, 9.17) is 11.6 Å². The molecular weight excluding hydrogens is 461 g/mol. The van der Waals surface area contributed by atoms with Gasteiger partial charge in [-0.2, -0.15) is 13.2 Å². The van der Waals surface area contributed by atoms with E-state index in [0.717, 1.165) is 12.3 Å². The number of aryl methyl sites for hydroxylation is 1.